The van der Waals surface area contributed by atoms with Gasteiger partial charge in [-0.2, -0.15) is 10.2 Å². The summed E-state index contributed by atoms with van der Waals surface area (Å²) in [5, 5.41) is 8.52. The van der Waals surface area contributed by atoms with Crippen molar-refractivity contribution in [1.29, 1.82) is 0 Å². The molecule has 0 bridgehead atoms. The van der Waals surface area contributed by atoms with Crippen molar-refractivity contribution in [3.05, 3.63) is 40.6 Å². The van der Waals surface area contributed by atoms with Gasteiger partial charge in [0, 0.05) is 38.4 Å². The lowest BCUT2D eigenvalue weighted by atomic mass is 10.3. The minimum absolute atomic E-state index is 0.0550. The van der Waals surface area contributed by atoms with Crippen LogP contribution in [0, 0.1) is 6.92 Å². The van der Waals surface area contributed by atoms with Gasteiger partial charge in [0.15, 0.2) is 0 Å². The van der Waals surface area contributed by atoms with Crippen molar-refractivity contribution in [1.82, 2.24) is 19.6 Å². The van der Waals surface area contributed by atoms with Gasteiger partial charge in [0.25, 0.3) is 5.56 Å². The number of nitrogens with zero attached hydrogens (tertiary/aromatic N) is 5. The molecule has 7 heteroatoms. The van der Waals surface area contributed by atoms with Gasteiger partial charge in [0.05, 0.1) is 31.3 Å². The smallest absolute Gasteiger partial charge is 0.268 e. The van der Waals surface area contributed by atoms with Crippen LogP contribution in [-0.4, -0.2) is 45.9 Å². The van der Waals surface area contributed by atoms with E-state index in [0.717, 1.165) is 37.3 Å². The molecule has 1 fully saturated rings. The molecule has 1 saturated heterocycles. The second-order valence-electron chi connectivity index (χ2n) is 5.51. The molecule has 0 amide bonds. The van der Waals surface area contributed by atoms with Gasteiger partial charge < -0.3 is 9.64 Å². The summed E-state index contributed by atoms with van der Waals surface area (Å²) in [6.07, 6.45) is 6.43. The van der Waals surface area contributed by atoms with E-state index in [0.29, 0.717) is 19.8 Å². The zero-order valence-corrected chi connectivity index (χ0v) is 12.8. The normalized spacial score (nSPS) is 15.2. The number of hydrogen-bond acceptors (Lipinski definition) is 5. The molecular formula is C15H21N5O2. The third kappa shape index (κ3) is 3.54. The molecule has 3 rings (SSSR count). The molecule has 2 aromatic heterocycles. The number of aryl methyl sites for hydroxylation is 3. The van der Waals surface area contributed by atoms with Gasteiger partial charge in [-0.3, -0.25) is 9.48 Å². The van der Waals surface area contributed by atoms with E-state index in [-0.39, 0.29) is 5.56 Å². The first-order valence-electron chi connectivity index (χ1n) is 7.61. The molecule has 0 radical (unpaired) electrons. The van der Waals surface area contributed by atoms with Gasteiger partial charge in [-0.25, -0.2) is 4.68 Å². The van der Waals surface area contributed by atoms with E-state index in [1.54, 1.807) is 12.3 Å². The maximum Gasteiger partial charge on any atom is 0.268 e. The van der Waals surface area contributed by atoms with Crippen molar-refractivity contribution in [3.8, 4) is 0 Å². The first-order valence-corrected chi connectivity index (χ1v) is 7.61. The second kappa shape index (κ2) is 6.74. The molecule has 118 valence electrons. The zero-order chi connectivity index (χ0) is 15.4. The highest BCUT2D eigenvalue weighted by molar-refractivity contribution is 5.43. The van der Waals surface area contributed by atoms with E-state index in [9.17, 15) is 4.79 Å². The van der Waals surface area contributed by atoms with Gasteiger partial charge in [-0.1, -0.05) is 0 Å². The molecule has 0 spiro atoms. The molecule has 3 heterocycles. The van der Waals surface area contributed by atoms with E-state index in [2.05, 4.69) is 15.1 Å². The van der Waals surface area contributed by atoms with Crippen molar-refractivity contribution < 1.29 is 4.74 Å². The highest BCUT2D eigenvalue weighted by atomic mass is 16.5. The van der Waals surface area contributed by atoms with Crippen LogP contribution >= 0.6 is 0 Å². The molecule has 2 aromatic rings. The largest absolute Gasteiger partial charge is 0.378 e. The molecule has 0 saturated carbocycles. The van der Waals surface area contributed by atoms with Gasteiger partial charge in [0.1, 0.15) is 0 Å². The molecule has 1 aliphatic heterocycles. The lowest BCUT2D eigenvalue weighted by Crippen LogP contribution is -2.37. The number of aromatic nitrogens is 4. The molecule has 0 unspecified atom stereocenters. The highest BCUT2D eigenvalue weighted by Gasteiger charge is 2.12. The predicted octanol–water partition coefficient (Wildman–Crippen LogP) is 0.675. The van der Waals surface area contributed by atoms with Crippen molar-refractivity contribution in [2.45, 2.75) is 26.4 Å². The Bertz CT molecular complexity index is 673. The van der Waals surface area contributed by atoms with Crippen molar-refractivity contribution in [3.63, 3.8) is 0 Å². The quantitative estimate of drug-likeness (QED) is 0.812. The number of hydrogen-bond donors (Lipinski definition) is 0. The van der Waals surface area contributed by atoms with Crippen molar-refractivity contribution in [2.24, 2.45) is 0 Å². The summed E-state index contributed by atoms with van der Waals surface area (Å²) in [6.45, 7) is 6.42. The molecule has 0 aromatic carbocycles. The Morgan fingerprint density at radius 3 is 2.68 bits per heavy atom. The lowest BCUT2D eigenvalue weighted by molar-refractivity contribution is 0.122. The summed E-state index contributed by atoms with van der Waals surface area (Å²) in [5.74, 6) is 0. The third-order valence-corrected chi connectivity index (χ3v) is 3.75. The van der Waals surface area contributed by atoms with Gasteiger partial charge >= 0.3 is 0 Å². The van der Waals surface area contributed by atoms with E-state index in [1.165, 1.54) is 4.68 Å². The topological polar surface area (TPSA) is 65.2 Å². The number of ether oxygens (including phenoxy) is 1. The Morgan fingerprint density at radius 2 is 2.00 bits per heavy atom. The Morgan fingerprint density at radius 1 is 1.18 bits per heavy atom. The fraction of sp³-hybridized carbons (Fsp3) is 0.533. The Hall–Kier alpha value is -2.15. The summed E-state index contributed by atoms with van der Waals surface area (Å²) in [4.78, 5) is 14.3. The molecule has 0 aliphatic carbocycles. The minimum Gasteiger partial charge on any atom is -0.378 e. The Balaban J connectivity index is 1.58. The van der Waals surface area contributed by atoms with Crippen LogP contribution in [0.5, 0.6) is 0 Å². The highest BCUT2D eigenvalue weighted by Crippen LogP contribution is 2.11. The summed E-state index contributed by atoms with van der Waals surface area (Å²) >= 11 is 0. The summed E-state index contributed by atoms with van der Waals surface area (Å²) in [6, 6.07) is 1.66. The molecule has 7 nitrogen and oxygen atoms in total. The van der Waals surface area contributed by atoms with E-state index in [1.807, 2.05) is 24.0 Å². The van der Waals surface area contributed by atoms with Crippen LogP contribution in [0.4, 0.5) is 5.69 Å². The first kappa shape index (κ1) is 14.8. The third-order valence-electron chi connectivity index (χ3n) is 3.75. The summed E-state index contributed by atoms with van der Waals surface area (Å²) < 4.78 is 8.72. The van der Waals surface area contributed by atoms with E-state index >= 15 is 0 Å². The SMILES string of the molecule is Cc1cnn(CCCn2ncc(N3CCOCC3)cc2=O)c1. The monoisotopic (exact) mass is 303 g/mol. The van der Waals surface area contributed by atoms with Crippen LogP contribution in [-0.2, 0) is 17.8 Å². The maximum absolute atomic E-state index is 12.1. The first-order chi connectivity index (χ1) is 10.7. The van der Waals surface area contributed by atoms with Crippen LogP contribution in [0.1, 0.15) is 12.0 Å². The number of rotatable bonds is 5. The van der Waals surface area contributed by atoms with Crippen LogP contribution < -0.4 is 10.5 Å². The fourth-order valence-electron chi connectivity index (χ4n) is 2.56. The van der Waals surface area contributed by atoms with Gasteiger partial charge in [0.2, 0.25) is 0 Å². The van der Waals surface area contributed by atoms with Gasteiger partial charge in [-0.05, 0) is 18.9 Å². The average molecular weight is 303 g/mol. The maximum atomic E-state index is 12.1. The Labute approximate surface area is 129 Å². The fourth-order valence-corrected chi connectivity index (χ4v) is 2.56. The van der Waals surface area contributed by atoms with Gasteiger partial charge in [-0.15, -0.1) is 0 Å². The summed E-state index contributed by atoms with van der Waals surface area (Å²) in [5.41, 5.74) is 1.97. The molecular weight excluding hydrogens is 282 g/mol. The standard InChI is InChI=1S/C15H21N5O2/c1-13-10-16-19(12-13)3-2-4-20-15(21)9-14(11-17-20)18-5-7-22-8-6-18/h9-12H,2-8H2,1H3. The molecule has 1 aliphatic rings. The minimum atomic E-state index is -0.0550. The molecule has 0 atom stereocenters. The van der Waals surface area contributed by atoms with Crippen LogP contribution in [0.2, 0.25) is 0 Å². The van der Waals surface area contributed by atoms with E-state index in [4.69, 9.17) is 4.74 Å². The second-order valence-corrected chi connectivity index (χ2v) is 5.51. The van der Waals surface area contributed by atoms with Crippen LogP contribution in [0.25, 0.3) is 0 Å². The lowest BCUT2D eigenvalue weighted by Gasteiger charge is -2.28. The van der Waals surface area contributed by atoms with Crippen LogP contribution in [0.15, 0.2) is 29.5 Å². The van der Waals surface area contributed by atoms with Crippen molar-refractivity contribution in [2.75, 3.05) is 31.2 Å². The van der Waals surface area contributed by atoms with Crippen LogP contribution in [0.3, 0.4) is 0 Å². The number of anilines is 1. The number of morpholine rings is 1. The molecule has 22 heavy (non-hydrogen) atoms. The zero-order valence-electron chi connectivity index (χ0n) is 12.8. The van der Waals surface area contributed by atoms with E-state index < -0.39 is 0 Å². The predicted molar refractivity (Wildman–Crippen MR) is 83.1 cm³/mol. The average Bonchev–Trinajstić information content (AvgIpc) is 2.95. The van der Waals surface area contributed by atoms with Crippen molar-refractivity contribution >= 4 is 5.69 Å². The Kier molecular flexibility index (Phi) is 4.53. The summed E-state index contributed by atoms with van der Waals surface area (Å²) in [7, 11) is 0. The molecule has 0 N–H and O–H groups in total.